The highest BCUT2D eigenvalue weighted by Crippen LogP contribution is 2.23. The third-order valence-electron chi connectivity index (χ3n) is 4.41. The number of benzene rings is 1. The van der Waals surface area contributed by atoms with Crippen molar-refractivity contribution >= 4 is 29.0 Å². The van der Waals surface area contributed by atoms with E-state index in [-0.39, 0.29) is 5.91 Å². The van der Waals surface area contributed by atoms with Crippen molar-refractivity contribution in [1.82, 2.24) is 0 Å². The van der Waals surface area contributed by atoms with Gasteiger partial charge >= 0.3 is 0 Å². The van der Waals surface area contributed by atoms with Gasteiger partial charge in [0.05, 0.1) is 11.9 Å². The Labute approximate surface area is 143 Å². The molecule has 1 N–H and O–H groups in total. The zero-order valence-electron chi connectivity index (χ0n) is 13.6. The quantitative estimate of drug-likeness (QED) is 0.864. The van der Waals surface area contributed by atoms with E-state index in [1.54, 1.807) is 11.8 Å². The highest BCUT2D eigenvalue weighted by atomic mass is 32.2. The van der Waals surface area contributed by atoms with Crippen LogP contribution in [0.15, 0.2) is 24.3 Å². The van der Waals surface area contributed by atoms with E-state index in [2.05, 4.69) is 22.3 Å². The Balaban J connectivity index is 1.43. The van der Waals surface area contributed by atoms with Crippen LogP contribution in [-0.4, -0.2) is 43.2 Å². The number of anilines is 2. The fourth-order valence-corrected chi connectivity index (χ4v) is 4.08. The van der Waals surface area contributed by atoms with Crippen molar-refractivity contribution in [2.75, 3.05) is 41.4 Å². The van der Waals surface area contributed by atoms with Gasteiger partial charge in [-0.2, -0.15) is 0 Å². The van der Waals surface area contributed by atoms with Gasteiger partial charge in [0.15, 0.2) is 0 Å². The lowest BCUT2D eigenvalue weighted by Crippen LogP contribution is -2.23. The Morgan fingerprint density at radius 2 is 2.13 bits per heavy atom. The number of ether oxygens (including phenoxy) is 1. The molecule has 0 bridgehead atoms. The fraction of sp³-hybridized carbons (Fsp3) is 0.611. The van der Waals surface area contributed by atoms with E-state index in [1.807, 2.05) is 12.1 Å². The maximum atomic E-state index is 12.1. The van der Waals surface area contributed by atoms with Crippen LogP contribution in [0, 0.1) is 0 Å². The van der Waals surface area contributed by atoms with Crippen LogP contribution in [0.3, 0.4) is 0 Å². The molecule has 2 fully saturated rings. The minimum absolute atomic E-state index is 0.0735. The van der Waals surface area contributed by atoms with E-state index in [0.29, 0.717) is 11.9 Å². The topological polar surface area (TPSA) is 41.6 Å². The van der Waals surface area contributed by atoms with Crippen LogP contribution in [-0.2, 0) is 9.53 Å². The second-order valence-electron chi connectivity index (χ2n) is 6.30. The first kappa shape index (κ1) is 16.7. The Bertz CT molecular complexity index is 511. The van der Waals surface area contributed by atoms with E-state index in [1.165, 1.54) is 31.4 Å². The van der Waals surface area contributed by atoms with Crippen molar-refractivity contribution in [3.63, 3.8) is 0 Å². The number of carbonyl (C=O) groups is 1. The SMILES string of the molecule is O=C(CSCC1CCCCO1)Nc1cccc(N2CCCC2)c1. The lowest BCUT2D eigenvalue weighted by Gasteiger charge is -2.22. The second-order valence-corrected chi connectivity index (χ2v) is 7.33. The van der Waals surface area contributed by atoms with Gasteiger partial charge in [-0.05, 0) is 50.3 Å². The Hall–Kier alpha value is -1.20. The van der Waals surface area contributed by atoms with Gasteiger partial charge in [-0.25, -0.2) is 0 Å². The maximum Gasteiger partial charge on any atom is 0.234 e. The van der Waals surface area contributed by atoms with E-state index in [0.717, 1.165) is 37.6 Å². The first-order chi connectivity index (χ1) is 11.3. The molecule has 1 aromatic rings. The molecule has 0 radical (unpaired) electrons. The molecule has 0 spiro atoms. The summed E-state index contributed by atoms with van der Waals surface area (Å²) >= 11 is 1.67. The summed E-state index contributed by atoms with van der Waals surface area (Å²) < 4.78 is 5.69. The lowest BCUT2D eigenvalue weighted by molar-refractivity contribution is -0.113. The zero-order valence-corrected chi connectivity index (χ0v) is 14.4. The molecule has 2 heterocycles. The average molecular weight is 334 g/mol. The minimum Gasteiger partial charge on any atom is -0.377 e. The van der Waals surface area contributed by atoms with Crippen LogP contribution < -0.4 is 10.2 Å². The third-order valence-corrected chi connectivity index (χ3v) is 5.49. The number of hydrogen-bond donors (Lipinski definition) is 1. The minimum atomic E-state index is 0.0735. The summed E-state index contributed by atoms with van der Waals surface area (Å²) in [6.45, 7) is 3.12. The van der Waals surface area contributed by atoms with Crippen LogP contribution in [0.4, 0.5) is 11.4 Å². The summed E-state index contributed by atoms with van der Waals surface area (Å²) in [7, 11) is 0. The van der Waals surface area contributed by atoms with Crippen molar-refractivity contribution in [2.24, 2.45) is 0 Å². The molecule has 1 amide bonds. The van der Waals surface area contributed by atoms with E-state index < -0.39 is 0 Å². The van der Waals surface area contributed by atoms with Crippen molar-refractivity contribution in [2.45, 2.75) is 38.2 Å². The number of hydrogen-bond acceptors (Lipinski definition) is 4. The molecule has 3 rings (SSSR count). The fourth-order valence-electron chi connectivity index (χ4n) is 3.17. The number of thioether (sulfide) groups is 1. The van der Waals surface area contributed by atoms with E-state index in [9.17, 15) is 4.79 Å². The van der Waals surface area contributed by atoms with Gasteiger partial charge in [-0.15, -0.1) is 11.8 Å². The molecular formula is C18H26N2O2S. The standard InChI is InChI=1S/C18H26N2O2S/c21-18(14-23-13-17-8-1-4-11-22-17)19-15-6-5-7-16(12-15)20-9-2-3-10-20/h5-7,12,17H,1-4,8-11,13-14H2,(H,19,21). The summed E-state index contributed by atoms with van der Waals surface area (Å²) in [6, 6.07) is 8.19. The van der Waals surface area contributed by atoms with Gasteiger partial charge in [0.25, 0.3) is 0 Å². The van der Waals surface area contributed by atoms with E-state index in [4.69, 9.17) is 4.74 Å². The Morgan fingerprint density at radius 3 is 2.91 bits per heavy atom. The molecule has 1 aromatic carbocycles. The zero-order chi connectivity index (χ0) is 15.9. The van der Waals surface area contributed by atoms with Crippen molar-refractivity contribution in [3.8, 4) is 0 Å². The van der Waals surface area contributed by atoms with Crippen LogP contribution in [0.25, 0.3) is 0 Å². The van der Waals surface area contributed by atoms with Gasteiger partial charge in [0.1, 0.15) is 0 Å². The normalized spacial score (nSPS) is 21.4. The molecule has 1 atom stereocenters. The van der Waals surface area contributed by atoms with Crippen LogP contribution in [0.1, 0.15) is 32.1 Å². The van der Waals surface area contributed by atoms with Gasteiger partial charge in [-0.1, -0.05) is 6.07 Å². The maximum absolute atomic E-state index is 12.1. The number of nitrogens with one attached hydrogen (secondary N) is 1. The highest BCUT2D eigenvalue weighted by molar-refractivity contribution is 8.00. The van der Waals surface area contributed by atoms with Crippen LogP contribution >= 0.6 is 11.8 Å². The molecule has 126 valence electrons. The Kier molecular flexibility index (Phi) is 6.22. The third kappa shape index (κ3) is 5.15. The van der Waals surface area contributed by atoms with Crippen molar-refractivity contribution < 1.29 is 9.53 Å². The summed E-state index contributed by atoms with van der Waals surface area (Å²) in [6.07, 6.45) is 6.41. The van der Waals surface area contributed by atoms with Crippen molar-refractivity contribution in [3.05, 3.63) is 24.3 Å². The molecule has 0 aromatic heterocycles. The smallest absolute Gasteiger partial charge is 0.234 e. The molecule has 5 heteroatoms. The molecular weight excluding hydrogens is 308 g/mol. The van der Waals surface area contributed by atoms with Gasteiger partial charge in [-0.3, -0.25) is 4.79 Å². The number of rotatable bonds is 6. The largest absolute Gasteiger partial charge is 0.377 e. The molecule has 2 aliphatic rings. The summed E-state index contributed by atoms with van der Waals surface area (Å²) in [5.74, 6) is 1.49. The molecule has 0 aliphatic carbocycles. The Morgan fingerprint density at radius 1 is 1.26 bits per heavy atom. The van der Waals surface area contributed by atoms with Gasteiger partial charge in [0, 0.05) is 36.8 Å². The molecule has 2 saturated heterocycles. The number of carbonyl (C=O) groups excluding carboxylic acids is 1. The van der Waals surface area contributed by atoms with Crippen LogP contribution in [0.2, 0.25) is 0 Å². The molecule has 4 nitrogen and oxygen atoms in total. The first-order valence-corrected chi connectivity index (χ1v) is 9.81. The monoisotopic (exact) mass is 334 g/mol. The molecule has 23 heavy (non-hydrogen) atoms. The molecule has 2 aliphatic heterocycles. The van der Waals surface area contributed by atoms with E-state index >= 15 is 0 Å². The highest BCUT2D eigenvalue weighted by Gasteiger charge is 2.15. The van der Waals surface area contributed by atoms with Crippen LogP contribution in [0.5, 0.6) is 0 Å². The first-order valence-electron chi connectivity index (χ1n) is 8.65. The summed E-state index contributed by atoms with van der Waals surface area (Å²) in [5, 5.41) is 3.02. The summed E-state index contributed by atoms with van der Waals surface area (Å²) in [4.78, 5) is 14.5. The predicted octanol–water partition coefficient (Wildman–Crippen LogP) is 3.53. The summed E-state index contributed by atoms with van der Waals surface area (Å²) in [5.41, 5.74) is 2.11. The average Bonchev–Trinajstić information content (AvgIpc) is 3.11. The molecule has 0 saturated carbocycles. The lowest BCUT2D eigenvalue weighted by atomic mass is 10.1. The van der Waals surface area contributed by atoms with Gasteiger partial charge < -0.3 is 15.0 Å². The van der Waals surface area contributed by atoms with Gasteiger partial charge in [0.2, 0.25) is 5.91 Å². The molecule has 1 unspecified atom stereocenters. The second kappa shape index (κ2) is 8.60. The number of nitrogens with zero attached hydrogens (tertiary/aromatic N) is 1. The van der Waals surface area contributed by atoms with Crippen molar-refractivity contribution in [1.29, 1.82) is 0 Å². The predicted molar refractivity (Wildman–Crippen MR) is 97.4 cm³/mol. The number of amides is 1.